The highest BCUT2D eigenvalue weighted by atomic mass is 16.6. The van der Waals surface area contributed by atoms with Crippen LogP contribution in [0.25, 0.3) is 0 Å². The lowest BCUT2D eigenvalue weighted by Gasteiger charge is -2.60. The molecule has 0 unspecified atom stereocenters. The number of carbonyl (C=O) groups is 3. The molecule has 1 saturated carbocycles. The van der Waals surface area contributed by atoms with Crippen LogP contribution in [-0.2, 0) is 28.6 Å². The molecule has 7 heteroatoms. The van der Waals surface area contributed by atoms with E-state index in [1.54, 1.807) is 6.08 Å². The quantitative estimate of drug-likeness (QED) is 0.399. The van der Waals surface area contributed by atoms with Crippen molar-refractivity contribution in [2.45, 2.75) is 85.0 Å². The Labute approximate surface area is 190 Å². The van der Waals surface area contributed by atoms with Crippen molar-refractivity contribution in [1.29, 1.82) is 0 Å². The first kappa shape index (κ1) is 24.5. The van der Waals surface area contributed by atoms with Crippen molar-refractivity contribution in [1.82, 2.24) is 0 Å². The van der Waals surface area contributed by atoms with Crippen molar-refractivity contribution >= 4 is 17.9 Å². The van der Waals surface area contributed by atoms with Crippen LogP contribution in [0.1, 0.15) is 66.7 Å². The number of carbonyl (C=O) groups excluding carboxylic acids is 3. The zero-order valence-corrected chi connectivity index (χ0v) is 20.0. The largest absolute Gasteiger partial charge is 0.469 e. The fourth-order valence-corrected chi connectivity index (χ4v) is 6.55. The Morgan fingerprint density at radius 1 is 1.09 bits per heavy atom. The van der Waals surface area contributed by atoms with E-state index < -0.39 is 46.5 Å². The van der Waals surface area contributed by atoms with Gasteiger partial charge in [-0.2, -0.15) is 0 Å². The van der Waals surface area contributed by atoms with Gasteiger partial charge in [0.15, 0.2) is 0 Å². The summed E-state index contributed by atoms with van der Waals surface area (Å²) in [4.78, 5) is 37.1. The Morgan fingerprint density at radius 3 is 2.25 bits per heavy atom. The molecule has 0 aromatic carbocycles. The molecule has 0 amide bonds. The number of aliphatic hydroxyl groups is 1. The molecule has 3 rings (SSSR count). The van der Waals surface area contributed by atoms with Gasteiger partial charge in [0.05, 0.1) is 18.6 Å². The minimum absolute atomic E-state index is 0.305. The SMILES string of the molecule is C=C[C@]1(C)CCC2=C([C@H](OC(C)=O)C[C@@H]3[C@@]2(C)[C@@H](O)CC[C@@]3(C)C(=O)OC)[C@@H]1OC(C)=O. The van der Waals surface area contributed by atoms with Crippen LogP contribution in [0.4, 0.5) is 0 Å². The lowest BCUT2D eigenvalue weighted by Crippen LogP contribution is -2.61. The second-order valence-electron chi connectivity index (χ2n) is 10.3. The molecule has 3 aliphatic carbocycles. The van der Waals surface area contributed by atoms with Gasteiger partial charge in [-0.15, -0.1) is 6.58 Å². The second-order valence-corrected chi connectivity index (χ2v) is 10.3. The van der Waals surface area contributed by atoms with Crippen LogP contribution in [0, 0.1) is 22.2 Å². The summed E-state index contributed by atoms with van der Waals surface area (Å²) in [7, 11) is 1.37. The second kappa shape index (κ2) is 8.32. The van der Waals surface area contributed by atoms with Gasteiger partial charge in [0.1, 0.15) is 12.2 Å². The monoisotopic (exact) mass is 448 g/mol. The summed E-state index contributed by atoms with van der Waals surface area (Å²) >= 11 is 0. The third kappa shape index (κ3) is 3.58. The summed E-state index contributed by atoms with van der Waals surface area (Å²) in [6, 6.07) is 0. The van der Waals surface area contributed by atoms with E-state index in [4.69, 9.17) is 14.2 Å². The Hall–Kier alpha value is -2.15. The molecule has 0 spiro atoms. The van der Waals surface area contributed by atoms with Crippen LogP contribution < -0.4 is 0 Å². The molecule has 7 nitrogen and oxygen atoms in total. The standard InChI is InChI=1S/C25H36O7/c1-8-23(4)11-9-16-20(21(23)32-15(3)27)17(31-14(2)26)13-18-24(5,22(29)30-7)12-10-19(28)25(16,18)6/h8,17-19,21,28H,1,9-13H2,2-7H3/t17-,18+,19+,21+,23-,24-,25+/m1/s1. The first-order valence-electron chi connectivity index (χ1n) is 11.3. The topological polar surface area (TPSA) is 99.1 Å². The number of ether oxygens (including phenoxy) is 3. The third-order valence-electron chi connectivity index (χ3n) is 8.42. The predicted octanol–water partition coefficient (Wildman–Crippen LogP) is 3.49. The summed E-state index contributed by atoms with van der Waals surface area (Å²) in [5.41, 5.74) is -0.467. The summed E-state index contributed by atoms with van der Waals surface area (Å²) in [5, 5.41) is 11.3. The molecule has 1 N–H and O–H groups in total. The molecular weight excluding hydrogens is 412 g/mol. The lowest BCUT2D eigenvalue weighted by molar-refractivity contribution is -0.178. The number of fused-ring (bicyclic) bond motifs is 2. The molecule has 3 aliphatic rings. The van der Waals surface area contributed by atoms with Crippen LogP contribution in [0.2, 0.25) is 0 Å². The number of aliphatic hydroxyl groups excluding tert-OH is 1. The highest BCUT2D eigenvalue weighted by Gasteiger charge is 2.64. The van der Waals surface area contributed by atoms with E-state index >= 15 is 0 Å². The Balaban J connectivity index is 2.27. The predicted molar refractivity (Wildman–Crippen MR) is 117 cm³/mol. The van der Waals surface area contributed by atoms with E-state index in [0.717, 1.165) is 11.1 Å². The minimum Gasteiger partial charge on any atom is -0.469 e. The molecule has 1 fully saturated rings. The maximum atomic E-state index is 12.9. The van der Waals surface area contributed by atoms with Gasteiger partial charge in [-0.05, 0) is 44.9 Å². The molecule has 32 heavy (non-hydrogen) atoms. The molecule has 7 atom stereocenters. The maximum Gasteiger partial charge on any atom is 0.311 e. The Bertz CT molecular complexity index is 860. The van der Waals surface area contributed by atoms with E-state index in [2.05, 4.69) is 6.58 Å². The molecule has 0 aromatic rings. The third-order valence-corrected chi connectivity index (χ3v) is 8.42. The fraction of sp³-hybridized carbons (Fsp3) is 0.720. The van der Waals surface area contributed by atoms with Gasteiger partial charge < -0.3 is 19.3 Å². The summed E-state index contributed by atoms with van der Waals surface area (Å²) in [6.45, 7) is 12.5. The smallest absolute Gasteiger partial charge is 0.311 e. The summed E-state index contributed by atoms with van der Waals surface area (Å²) in [6.07, 6.45) is 2.32. The average Bonchev–Trinajstić information content (AvgIpc) is 2.73. The van der Waals surface area contributed by atoms with Gasteiger partial charge in [0.25, 0.3) is 0 Å². The van der Waals surface area contributed by atoms with Gasteiger partial charge in [-0.3, -0.25) is 14.4 Å². The molecule has 178 valence electrons. The number of rotatable bonds is 4. The van der Waals surface area contributed by atoms with Crippen molar-refractivity contribution in [3.63, 3.8) is 0 Å². The Kier molecular flexibility index (Phi) is 6.37. The zero-order valence-electron chi connectivity index (χ0n) is 20.0. The Morgan fingerprint density at radius 2 is 1.72 bits per heavy atom. The van der Waals surface area contributed by atoms with Gasteiger partial charge in [-0.25, -0.2) is 0 Å². The zero-order chi connectivity index (χ0) is 24.1. The van der Waals surface area contributed by atoms with E-state index in [0.29, 0.717) is 32.1 Å². The van der Waals surface area contributed by atoms with Crippen molar-refractivity contribution < 1.29 is 33.7 Å². The number of methoxy groups -OCH3 is 1. The molecule has 0 saturated heterocycles. The van der Waals surface area contributed by atoms with Gasteiger partial charge >= 0.3 is 17.9 Å². The van der Waals surface area contributed by atoms with Crippen molar-refractivity contribution in [2.75, 3.05) is 7.11 Å². The summed E-state index contributed by atoms with van der Waals surface area (Å²) in [5.74, 6) is -1.52. The molecule has 0 heterocycles. The molecule has 0 aliphatic heterocycles. The molecule has 0 aromatic heterocycles. The fourth-order valence-electron chi connectivity index (χ4n) is 6.55. The van der Waals surface area contributed by atoms with E-state index in [1.165, 1.54) is 21.0 Å². The minimum atomic E-state index is -0.838. The van der Waals surface area contributed by atoms with Crippen molar-refractivity contribution in [3.8, 4) is 0 Å². The molecule has 0 bridgehead atoms. The van der Waals surface area contributed by atoms with Crippen LogP contribution in [0.3, 0.4) is 0 Å². The first-order chi connectivity index (χ1) is 14.8. The van der Waals surface area contributed by atoms with Crippen LogP contribution in [0.15, 0.2) is 23.8 Å². The van der Waals surface area contributed by atoms with Crippen LogP contribution >= 0.6 is 0 Å². The van der Waals surface area contributed by atoms with Gasteiger partial charge in [-0.1, -0.05) is 25.5 Å². The van der Waals surface area contributed by atoms with Crippen LogP contribution in [0.5, 0.6) is 0 Å². The summed E-state index contributed by atoms with van der Waals surface area (Å²) < 4.78 is 16.8. The van der Waals surface area contributed by atoms with Gasteiger partial charge in [0.2, 0.25) is 0 Å². The van der Waals surface area contributed by atoms with E-state index in [1.807, 2.05) is 20.8 Å². The lowest BCUT2D eigenvalue weighted by atomic mass is 9.45. The first-order valence-corrected chi connectivity index (χ1v) is 11.3. The van der Waals surface area contributed by atoms with Gasteiger partial charge in [0, 0.05) is 30.3 Å². The van der Waals surface area contributed by atoms with E-state index in [9.17, 15) is 19.5 Å². The number of hydrogen-bond donors (Lipinski definition) is 1. The van der Waals surface area contributed by atoms with Crippen LogP contribution in [-0.4, -0.2) is 48.4 Å². The number of hydrogen-bond acceptors (Lipinski definition) is 7. The highest BCUT2D eigenvalue weighted by Crippen LogP contribution is 2.64. The normalized spacial score (nSPS) is 41.1. The highest BCUT2D eigenvalue weighted by molar-refractivity contribution is 5.77. The molecule has 0 radical (unpaired) electrons. The number of esters is 3. The maximum absolute atomic E-state index is 12.9. The van der Waals surface area contributed by atoms with E-state index in [-0.39, 0.29) is 11.9 Å². The van der Waals surface area contributed by atoms with Crippen molar-refractivity contribution in [3.05, 3.63) is 23.8 Å². The molecular formula is C25H36O7. The average molecular weight is 449 g/mol. The van der Waals surface area contributed by atoms with Crippen molar-refractivity contribution in [2.24, 2.45) is 22.2 Å².